The number of hydrogen-bond acceptors (Lipinski definition) is 7. The van der Waals surface area contributed by atoms with Gasteiger partial charge in [-0.1, -0.05) is 23.2 Å². The lowest BCUT2D eigenvalue weighted by Gasteiger charge is -2.25. The molecule has 11 heteroatoms. The van der Waals surface area contributed by atoms with E-state index in [2.05, 4.69) is 27.3 Å². The number of nitrogens with zero attached hydrogens (tertiary/aromatic N) is 6. The van der Waals surface area contributed by atoms with E-state index in [0.717, 1.165) is 74.0 Å². The largest absolute Gasteiger partial charge is 0.379 e. The number of hydrogen-bond donors (Lipinski definition) is 1. The number of benzene rings is 1. The van der Waals surface area contributed by atoms with E-state index in [9.17, 15) is 0 Å². The third-order valence-corrected chi connectivity index (χ3v) is 6.61. The van der Waals surface area contributed by atoms with Crippen molar-refractivity contribution in [1.29, 1.82) is 5.26 Å². The van der Waals surface area contributed by atoms with E-state index in [0.29, 0.717) is 27.8 Å². The van der Waals surface area contributed by atoms with Crippen LogP contribution in [0.2, 0.25) is 10.0 Å². The molecule has 1 saturated heterocycles. The highest BCUT2D eigenvalue weighted by molar-refractivity contribution is 6.36. The second-order valence-corrected chi connectivity index (χ2v) is 9.48. The van der Waals surface area contributed by atoms with Gasteiger partial charge in [0.25, 0.3) is 0 Å². The molecule has 0 radical (unpaired) electrons. The lowest BCUT2D eigenvalue weighted by molar-refractivity contribution is 0.0336. The van der Waals surface area contributed by atoms with Crippen LogP contribution in [0.3, 0.4) is 0 Å². The zero-order valence-corrected chi connectivity index (χ0v) is 22.4. The summed E-state index contributed by atoms with van der Waals surface area (Å²) in [5.41, 5.74) is 4.90. The summed E-state index contributed by atoms with van der Waals surface area (Å²) in [4.78, 5) is 11.6. The molecule has 0 aliphatic carbocycles. The molecule has 4 aromatic rings. The third-order valence-electron chi connectivity index (χ3n) is 6.06. The minimum absolute atomic E-state index is 0. The first-order chi connectivity index (χ1) is 17.6. The molecule has 3 aromatic heterocycles. The number of pyridine rings is 1. The summed E-state index contributed by atoms with van der Waals surface area (Å²) in [6.07, 6.45) is 5.15. The number of halogens is 3. The molecule has 1 aliphatic heterocycles. The number of morpholine rings is 1. The molecule has 0 saturated carbocycles. The molecule has 4 heterocycles. The summed E-state index contributed by atoms with van der Waals surface area (Å²) >= 11 is 12.6. The number of anilines is 1. The SMILES string of the molecule is Cl.N#Cc1ccc(CCCNc2nc(-c3ccc(Cl)cc3Cl)cn3nc(CN4CCOCC4)cc23)nc1. The average molecular weight is 559 g/mol. The first-order valence-electron chi connectivity index (χ1n) is 11.8. The molecule has 1 N–H and O–H groups in total. The molecule has 5 rings (SSSR count). The Balaban J connectivity index is 0.00000320. The Bertz CT molecular complexity index is 1400. The fourth-order valence-corrected chi connectivity index (χ4v) is 4.69. The smallest absolute Gasteiger partial charge is 0.152 e. The average Bonchev–Trinajstić information content (AvgIpc) is 3.30. The molecular weight excluding hydrogens is 533 g/mol. The van der Waals surface area contributed by atoms with E-state index in [1.807, 2.05) is 22.8 Å². The van der Waals surface area contributed by atoms with Gasteiger partial charge in [0.15, 0.2) is 5.82 Å². The molecule has 0 amide bonds. The fraction of sp³-hybridized carbons (Fsp3) is 0.308. The van der Waals surface area contributed by atoms with E-state index < -0.39 is 0 Å². The van der Waals surface area contributed by atoms with Gasteiger partial charge in [0.05, 0.1) is 41.4 Å². The van der Waals surface area contributed by atoms with Crippen LogP contribution < -0.4 is 5.32 Å². The van der Waals surface area contributed by atoms with Crippen molar-refractivity contribution in [3.05, 3.63) is 75.8 Å². The van der Waals surface area contributed by atoms with Crippen LogP contribution in [0.15, 0.2) is 48.8 Å². The lowest BCUT2D eigenvalue weighted by Crippen LogP contribution is -2.35. The quantitative estimate of drug-likeness (QED) is 0.295. The van der Waals surface area contributed by atoms with Gasteiger partial charge < -0.3 is 10.1 Å². The Kier molecular flexibility index (Phi) is 9.19. The summed E-state index contributed by atoms with van der Waals surface area (Å²) in [6, 6.07) is 13.3. The molecule has 8 nitrogen and oxygen atoms in total. The molecule has 192 valence electrons. The number of rotatable bonds is 8. The normalized spacial score (nSPS) is 13.8. The van der Waals surface area contributed by atoms with Gasteiger partial charge >= 0.3 is 0 Å². The molecule has 0 spiro atoms. The summed E-state index contributed by atoms with van der Waals surface area (Å²) < 4.78 is 7.34. The highest BCUT2D eigenvalue weighted by atomic mass is 35.5. The van der Waals surface area contributed by atoms with E-state index in [-0.39, 0.29) is 12.4 Å². The maximum absolute atomic E-state index is 8.95. The van der Waals surface area contributed by atoms with E-state index in [4.69, 9.17) is 43.3 Å². The number of fused-ring (bicyclic) bond motifs is 1. The molecule has 0 atom stereocenters. The number of aryl methyl sites for hydroxylation is 1. The topological polar surface area (TPSA) is 91.4 Å². The van der Waals surface area contributed by atoms with Crippen molar-refractivity contribution in [3.8, 4) is 17.3 Å². The zero-order chi connectivity index (χ0) is 24.9. The predicted octanol–water partition coefficient (Wildman–Crippen LogP) is 5.27. The number of nitrogens with one attached hydrogen (secondary N) is 1. The van der Waals surface area contributed by atoms with Gasteiger partial charge in [-0.05, 0) is 49.2 Å². The van der Waals surface area contributed by atoms with Crippen LogP contribution >= 0.6 is 35.6 Å². The van der Waals surface area contributed by atoms with Crippen LogP contribution in [0.1, 0.15) is 23.4 Å². The van der Waals surface area contributed by atoms with Gasteiger partial charge in [0.2, 0.25) is 0 Å². The molecule has 0 bridgehead atoms. The highest BCUT2D eigenvalue weighted by Crippen LogP contribution is 2.31. The zero-order valence-electron chi connectivity index (χ0n) is 20.0. The van der Waals surface area contributed by atoms with Gasteiger partial charge in [-0.3, -0.25) is 9.88 Å². The standard InChI is InChI=1S/C26H25Cl2N7O.ClH/c27-19-4-6-22(23(28)12-19)24-17-35-25(13-21(33-35)16-34-8-10-36-11-9-34)26(32-24)30-7-1-2-20-5-3-18(14-29)15-31-20;/h3-6,12-13,15,17H,1-2,7-11,16H2,(H,30,32);1H. The lowest BCUT2D eigenvalue weighted by atomic mass is 10.1. The van der Waals surface area contributed by atoms with Gasteiger partial charge in [-0.25, -0.2) is 9.50 Å². The van der Waals surface area contributed by atoms with Crippen molar-refractivity contribution in [2.45, 2.75) is 19.4 Å². The number of nitriles is 1. The second kappa shape index (κ2) is 12.5. The van der Waals surface area contributed by atoms with E-state index >= 15 is 0 Å². The van der Waals surface area contributed by atoms with Crippen molar-refractivity contribution < 1.29 is 4.74 Å². The van der Waals surface area contributed by atoms with Crippen LogP contribution in [0, 0.1) is 11.3 Å². The molecular formula is C26H26Cl3N7O. The van der Waals surface area contributed by atoms with Crippen molar-refractivity contribution in [1.82, 2.24) is 24.5 Å². The highest BCUT2D eigenvalue weighted by Gasteiger charge is 2.16. The molecule has 37 heavy (non-hydrogen) atoms. The first-order valence-corrected chi connectivity index (χ1v) is 12.6. The van der Waals surface area contributed by atoms with Crippen LogP contribution in [-0.2, 0) is 17.7 Å². The van der Waals surface area contributed by atoms with Gasteiger partial charge in [-0.2, -0.15) is 10.4 Å². The predicted molar refractivity (Wildman–Crippen MR) is 148 cm³/mol. The summed E-state index contributed by atoms with van der Waals surface area (Å²) in [7, 11) is 0. The number of ether oxygens (including phenoxy) is 1. The van der Waals surface area contributed by atoms with Crippen molar-refractivity contribution >= 4 is 46.9 Å². The Morgan fingerprint density at radius 3 is 2.65 bits per heavy atom. The fourth-order valence-electron chi connectivity index (χ4n) is 4.18. The Morgan fingerprint density at radius 1 is 1.08 bits per heavy atom. The Hall–Kier alpha value is -2.93. The van der Waals surface area contributed by atoms with Crippen molar-refractivity contribution in [2.24, 2.45) is 0 Å². The van der Waals surface area contributed by atoms with Crippen LogP contribution in [-0.4, -0.2) is 57.3 Å². The maximum Gasteiger partial charge on any atom is 0.152 e. The summed E-state index contributed by atoms with van der Waals surface area (Å²) in [5.74, 6) is 0.743. The Labute approximate surface area is 231 Å². The third kappa shape index (κ3) is 6.69. The van der Waals surface area contributed by atoms with Crippen molar-refractivity contribution in [2.75, 3.05) is 38.2 Å². The first kappa shape index (κ1) is 27.1. The molecule has 0 unspecified atom stereocenters. The van der Waals surface area contributed by atoms with Gasteiger partial charge in [0, 0.05) is 48.7 Å². The van der Waals surface area contributed by atoms with Gasteiger partial charge in [-0.15, -0.1) is 12.4 Å². The van der Waals surface area contributed by atoms with E-state index in [1.54, 1.807) is 24.4 Å². The summed E-state index contributed by atoms with van der Waals surface area (Å²) in [6.45, 7) is 4.74. The number of aromatic nitrogens is 4. The minimum Gasteiger partial charge on any atom is -0.379 e. The van der Waals surface area contributed by atoms with Crippen LogP contribution in [0.4, 0.5) is 5.82 Å². The van der Waals surface area contributed by atoms with E-state index in [1.165, 1.54) is 0 Å². The molecule has 1 fully saturated rings. The summed E-state index contributed by atoms with van der Waals surface area (Å²) in [5, 5.41) is 18.4. The Morgan fingerprint density at radius 2 is 1.92 bits per heavy atom. The van der Waals surface area contributed by atoms with Crippen LogP contribution in [0.25, 0.3) is 16.8 Å². The van der Waals surface area contributed by atoms with Crippen LogP contribution in [0.5, 0.6) is 0 Å². The molecule has 1 aliphatic rings. The molecule has 1 aromatic carbocycles. The second-order valence-electron chi connectivity index (χ2n) is 8.63. The monoisotopic (exact) mass is 557 g/mol. The minimum atomic E-state index is 0. The van der Waals surface area contributed by atoms with Crippen molar-refractivity contribution in [3.63, 3.8) is 0 Å². The van der Waals surface area contributed by atoms with Gasteiger partial charge in [0.1, 0.15) is 11.6 Å². The maximum atomic E-state index is 8.95.